The Balaban J connectivity index is 1.28. The number of likely N-dealkylation sites (N-methyl/N-ethyl adjacent to an activating group) is 1. The van der Waals surface area contributed by atoms with E-state index in [0.29, 0.717) is 37.6 Å². The number of halogens is 3. The number of ether oxygens (including phenoxy) is 1. The molecule has 1 N–H and O–H groups in total. The summed E-state index contributed by atoms with van der Waals surface area (Å²) < 4.78 is 44.9. The van der Waals surface area contributed by atoms with Gasteiger partial charge in [0, 0.05) is 58.9 Å². The van der Waals surface area contributed by atoms with Crippen LogP contribution in [0.5, 0.6) is 0 Å². The van der Waals surface area contributed by atoms with Gasteiger partial charge in [-0.15, -0.1) is 0 Å². The number of hydrogen-bond donors (Lipinski definition) is 1. The van der Waals surface area contributed by atoms with E-state index < -0.39 is 30.3 Å². The number of cyclic esters (lactones) is 1. The zero-order valence-electron chi connectivity index (χ0n) is 20.4. The number of amides is 2. The van der Waals surface area contributed by atoms with Crippen molar-refractivity contribution < 1.29 is 32.3 Å². The van der Waals surface area contributed by atoms with Crippen molar-refractivity contribution in [3.63, 3.8) is 0 Å². The zero-order valence-corrected chi connectivity index (χ0v) is 20.4. The van der Waals surface area contributed by atoms with Crippen molar-refractivity contribution in [3.8, 4) is 0 Å². The Kier molecular flexibility index (Phi) is 8.88. The number of hydroxylamine groups is 2. The smallest absolute Gasteiger partial charge is 0.414 e. The van der Waals surface area contributed by atoms with Crippen LogP contribution in [-0.4, -0.2) is 125 Å². The number of rotatable bonds is 8. The summed E-state index contributed by atoms with van der Waals surface area (Å²) in [7, 11) is 2.13. The fourth-order valence-corrected chi connectivity index (χ4v) is 4.48. The molecule has 1 aromatic rings. The van der Waals surface area contributed by atoms with Crippen LogP contribution in [0, 0.1) is 5.82 Å². The minimum absolute atomic E-state index is 0.0148. The predicted molar refractivity (Wildman–Crippen MR) is 127 cm³/mol. The lowest BCUT2D eigenvalue weighted by atomic mass is 10.2. The Hall–Kier alpha value is -2.61. The largest absolute Gasteiger partial charge is 0.442 e. The van der Waals surface area contributed by atoms with E-state index in [4.69, 9.17) is 9.57 Å². The molecule has 13 heteroatoms. The maximum atomic E-state index is 15.1. The number of alkyl halides is 2. The number of carbonyl (C=O) groups excluding carboxylic acids is 2. The van der Waals surface area contributed by atoms with E-state index in [1.807, 2.05) is 15.3 Å². The molecule has 0 bridgehead atoms. The maximum absolute atomic E-state index is 15.1. The third kappa shape index (κ3) is 6.78. The highest BCUT2D eigenvalue weighted by molar-refractivity contribution is 5.90. The molecular formula is C23H33F3N6O4. The second-order valence-corrected chi connectivity index (χ2v) is 9.19. The molecule has 1 atom stereocenters. The van der Waals surface area contributed by atoms with Gasteiger partial charge in [0.25, 0.3) is 5.91 Å². The molecule has 10 nitrogen and oxygen atoms in total. The second kappa shape index (κ2) is 12.1. The molecule has 3 fully saturated rings. The number of hydrogen-bond acceptors (Lipinski definition) is 8. The summed E-state index contributed by atoms with van der Waals surface area (Å²) in [5.41, 5.74) is 0.709. The molecule has 3 aliphatic rings. The summed E-state index contributed by atoms with van der Waals surface area (Å²) in [4.78, 5) is 37.0. The molecule has 0 spiro atoms. The van der Waals surface area contributed by atoms with Crippen LogP contribution in [-0.2, 0) is 14.4 Å². The van der Waals surface area contributed by atoms with E-state index in [0.717, 1.165) is 39.3 Å². The van der Waals surface area contributed by atoms with Crippen molar-refractivity contribution in [3.05, 3.63) is 24.0 Å². The summed E-state index contributed by atoms with van der Waals surface area (Å²) in [5, 5.41) is 3.97. The third-order valence-electron chi connectivity index (χ3n) is 6.68. The van der Waals surface area contributed by atoms with Gasteiger partial charge in [0.1, 0.15) is 11.9 Å². The summed E-state index contributed by atoms with van der Waals surface area (Å²) in [5.74, 6) is -1.92. The third-order valence-corrected chi connectivity index (χ3v) is 6.68. The van der Waals surface area contributed by atoms with Crippen molar-refractivity contribution >= 4 is 23.4 Å². The number of benzene rings is 1. The van der Waals surface area contributed by atoms with Crippen LogP contribution in [0.3, 0.4) is 0 Å². The molecule has 0 aliphatic carbocycles. The number of anilines is 2. The molecular weight excluding hydrogens is 481 g/mol. The SMILES string of the molecule is CN1CCN(CCN2CCN(c3ccc(N4C[C@H](CNC(=O)C(F)F)OC4=O)cc3F)CCO2)CC1. The number of piperazine rings is 1. The molecule has 200 valence electrons. The van der Waals surface area contributed by atoms with Crippen molar-refractivity contribution in [1.29, 1.82) is 0 Å². The molecule has 1 aromatic carbocycles. The minimum Gasteiger partial charge on any atom is -0.442 e. The molecule has 0 aromatic heterocycles. The van der Waals surface area contributed by atoms with Crippen LogP contribution in [0.2, 0.25) is 0 Å². The molecule has 0 unspecified atom stereocenters. The first kappa shape index (κ1) is 26.5. The first-order valence-corrected chi connectivity index (χ1v) is 12.2. The van der Waals surface area contributed by atoms with Gasteiger partial charge in [-0.05, 0) is 25.2 Å². The van der Waals surface area contributed by atoms with Crippen LogP contribution in [0.25, 0.3) is 0 Å². The zero-order chi connectivity index (χ0) is 25.7. The van der Waals surface area contributed by atoms with Crippen LogP contribution >= 0.6 is 0 Å². The quantitative estimate of drug-likeness (QED) is 0.547. The molecule has 3 saturated heterocycles. The van der Waals surface area contributed by atoms with Crippen molar-refractivity contribution in [2.24, 2.45) is 0 Å². The lowest BCUT2D eigenvalue weighted by Gasteiger charge is -2.33. The number of nitrogens with one attached hydrogen (secondary N) is 1. The van der Waals surface area contributed by atoms with Gasteiger partial charge in [-0.25, -0.2) is 9.18 Å². The summed E-state index contributed by atoms with van der Waals surface area (Å²) in [6.07, 6.45) is -4.67. The van der Waals surface area contributed by atoms with Gasteiger partial charge in [0.05, 0.1) is 31.1 Å². The van der Waals surface area contributed by atoms with E-state index in [1.165, 1.54) is 11.0 Å². The predicted octanol–water partition coefficient (Wildman–Crippen LogP) is 0.833. The van der Waals surface area contributed by atoms with Crippen molar-refractivity contribution in [2.45, 2.75) is 12.5 Å². The Morgan fingerprint density at radius 1 is 1.11 bits per heavy atom. The van der Waals surface area contributed by atoms with Crippen molar-refractivity contribution in [1.82, 2.24) is 20.2 Å². The number of carbonyl (C=O) groups is 2. The van der Waals surface area contributed by atoms with E-state index in [2.05, 4.69) is 16.8 Å². The van der Waals surface area contributed by atoms with E-state index in [9.17, 15) is 18.4 Å². The summed E-state index contributed by atoms with van der Waals surface area (Å²) in [6.45, 7) is 7.90. The first-order valence-electron chi connectivity index (χ1n) is 12.2. The van der Waals surface area contributed by atoms with Gasteiger partial charge in [-0.2, -0.15) is 13.8 Å². The van der Waals surface area contributed by atoms with Crippen LogP contribution < -0.4 is 15.1 Å². The average Bonchev–Trinajstić information content (AvgIpc) is 3.07. The van der Waals surface area contributed by atoms with Gasteiger partial charge >= 0.3 is 12.5 Å². The van der Waals surface area contributed by atoms with Crippen LogP contribution in [0.1, 0.15) is 0 Å². The highest BCUT2D eigenvalue weighted by Gasteiger charge is 2.33. The molecule has 0 radical (unpaired) electrons. The highest BCUT2D eigenvalue weighted by Crippen LogP contribution is 2.28. The second-order valence-electron chi connectivity index (χ2n) is 9.19. The van der Waals surface area contributed by atoms with Gasteiger partial charge in [0.15, 0.2) is 0 Å². The summed E-state index contributed by atoms with van der Waals surface area (Å²) in [6, 6.07) is 4.49. The molecule has 2 amide bonds. The molecule has 4 rings (SSSR count). The molecule has 36 heavy (non-hydrogen) atoms. The maximum Gasteiger partial charge on any atom is 0.414 e. The van der Waals surface area contributed by atoms with E-state index >= 15 is 4.39 Å². The monoisotopic (exact) mass is 514 g/mol. The lowest BCUT2D eigenvalue weighted by molar-refractivity contribution is -0.150. The Morgan fingerprint density at radius 3 is 2.61 bits per heavy atom. The lowest BCUT2D eigenvalue weighted by Crippen LogP contribution is -2.47. The van der Waals surface area contributed by atoms with Crippen molar-refractivity contribution in [2.75, 3.05) is 95.4 Å². The average molecular weight is 515 g/mol. The van der Waals surface area contributed by atoms with E-state index in [-0.39, 0.29) is 13.1 Å². The normalized spacial score (nSPS) is 22.7. The first-order chi connectivity index (χ1) is 17.3. The van der Waals surface area contributed by atoms with Crippen LogP contribution in [0.4, 0.5) is 29.3 Å². The fraction of sp³-hybridized carbons (Fsp3) is 0.652. The molecule has 3 aliphatic heterocycles. The highest BCUT2D eigenvalue weighted by atomic mass is 19.3. The molecule has 0 saturated carbocycles. The van der Waals surface area contributed by atoms with Gasteiger partial charge < -0.3 is 19.9 Å². The standard InChI is InChI=1S/C23H33F3N6O4/c1-28-4-6-29(7-5-28)8-10-31-11-9-30(12-13-35-31)20-3-2-17(14-19(20)24)32-16-18(36-23(32)34)15-27-22(33)21(25)26/h2-3,14,18,21H,4-13,15-16H2,1H3,(H,27,33)/t18-/m0/s1. The fourth-order valence-electron chi connectivity index (χ4n) is 4.48. The molecule has 3 heterocycles. The topological polar surface area (TPSA) is 80.8 Å². The summed E-state index contributed by atoms with van der Waals surface area (Å²) >= 11 is 0. The van der Waals surface area contributed by atoms with Gasteiger partial charge in [-0.1, -0.05) is 0 Å². The minimum atomic E-state index is -3.15. The van der Waals surface area contributed by atoms with Gasteiger partial charge in [-0.3, -0.25) is 19.4 Å². The Morgan fingerprint density at radius 2 is 1.89 bits per heavy atom. The van der Waals surface area contributed by atoms with E-state index in [1.54, 1.807) is 12.1 Å². The Labute approximate surface area is 208 Å². The number of nitrogens with zero attached hydrogens (tertiary/aromatic N) is 5. The van der Waals surface area contributed by atoms with Crippen LogP contribution in [0.15, 0.2) is 18.2 Å². The Bertz CT molecular complexity index is 918. The van der Waals surface area contributed by atoms with Gasteiger partial charge in [0.2, 0.25) is 0 Å².